The third-order valence-electron chi connectivity index (χ3n) is 2.42. The van der Waals surface area contributed by atoms with Crippen molar-refractivity contribution in [3.8, 4) is 0 Å². The minimum Gasteiger partial charge on any atom is -0.475 e. The number of hydrogen-bond acceptors (Lipinski definition) is 3. The second-order valence-electron chi connectivity index (χ2n) is 4.20. The molecule has 0 bridgehead atoms. The number of aromatic carboxylic acids is 1. The highest BCUT2D eigenvalue weighted by Gasteiger charge is 2.13. The summed E-state index contributed by atoms with van der Waals surface area (Å²) in [4.78, 5) is 24.1. The first-order chi connectivity index (χ1) is 8.93. The molecule has 0 saturated carbocycles. The number of likely N-dealkylation sites (N-methyl/N-ethyl adjacent to an activating group) is 1. The predicted molar refractivity (Wildman–Crippen MR) is 70.0 cm³/mol. The average molecular weight is 266 g/mol. The van der Waals surface area contributed by atoms with Crippen LogP contribution in [0, 0.1) is 0 Å². The molecule has 19 heavy (non-hydrogen) atoms. The van der Waals surface area contributed by atoms with E-state index in [9.17, 15) is 9.59 Å². The van der Waals surface area contributed by atoms with Crippen LogP contribution in [0.25, 0.3) is 0 Å². The van der Waals surface area contributed by atoms with Crippen LogP contribution in [0.2, 0.25) is 0 Å². The van der Waals surface area contributed by atoms with E-state index in [1.807, 2.05) is 13.8 Å². The minimum atomic E-state index is -1.13. The second-order valence-corrected chi connectivity index (χ2v) is 4.20. The van der Waals surface area contributed by atoms with Crippen molar-refractivity contribution in [2.45, 2.75) is 20.4 Å². The molecule has 0 aliphatic carbocycles. The van der Waals surface area contributed by atoms with E-state index in [-0.39, 0.29) is 18.3 Å². The van der Waals surface area contributed by atoms with E-state index < -0.39 is 5.97 Å². The lowest BCUT2D eigenvalue weighted by molar-refractivity contribution is 0.0660. The molecule has 0 saturated heterocycles. The van der Waals surface area contributed by atoms with Crippen molar-refractivity contribution >= 4 is 12.0 Å². The Morgan fingerprint density at radius 1 is 1.47 bits per heavy atom. The van der Waals surface area contributed by atoms with Gasteiger partial charge in [0.05, 0.1) is 6.54 Å². The maximum atomic E-state index is 11.8. The van der Waals surface area contributed by atoms with Crippen molar-refractivity contribution in [3.05, 3.63) is 35.8 Å². The zero-order valence-corrected chi connectivity index (χ0v) is 11.1. The lowest BCUT2D eigenvalue weighted by Gasteiger charge is -2.21. The Hall–Kier alpha value is -2.24. The number of nitrogens with zero attached hydrogens (tertiary/aromatic N) is 1. The van der Waals surface area contributed by atoms with Gasteiger partial charge in [0.1, 0.15) is 5.76 Å². The molecule has 2 amide bonds. The fraction of sp³-hybridized carbons (Fsp3) is 0.385. The lowest BCUT2D eigenvalue weighted by Crippen LogP contribution is -2.40. The number of rotatable bonds is 6. The highest BCUT2D eigenvalue weighted by atomic mass is 16.4. The van der Waals surface area contributed by atoms with Crippen LogP contribution in [-0.2, 0) is 6.54 Å². The normalized spacial score (nSPS) is 10.0. The van der Waals surface area contributed by atoms with Crippen LogP contribution in [0.3, 0.4) is 0 Å². The van der Waals surface area contributed by atoms with Crippen LogP contribution in [-0.4, -0.2) is 35.1 Å². The number of carboxylic acid groups (broad SMARTS) is 1. The Morgan fingerprint density at radius 2 is 2.16 bits per heavy atom. The summed E-state index contributed by atoms with van der Waals surface area (Å²) in [6.45, 7) is 8.69. The third kappa shape index (κ3) is 4.50. The molecule has 104 valence electrons. The molecule has 6 heteroatoms. The number of carbonyl (C=O) groups excluding carboxylic acids is 1. The molecule has 0 atom stereocenters. The predicted octanol–water partition coefficient (Wildman–Crippen LogP) is 2.09. The molecule has 1 rings (SSSR count). The Morgan fingerprint density at radius 3 is 2.63 bits per heavy atom. The van der Waals surface area contributed by atoms with E-state index in [1.165, 1.54) is 12.1 Å². The Kier molecular flexibility index (Phi) is 5.17. The van der Waals surface area contributed by atoms with Crippen LogP contribution in [0.5, 0.6) is 0 Å². The summed E-state index contributed by atoms with van der Waals surface area (Å²) >= 11 is 0. The van der Waals surface area contributed by atoms with Gasteiger partial charge < -0.3 is 19.7 Å². The summed E-state index contributed by atoms with van der Waals surface area (Å²) in [6, 6.07) is 2.65. The van der Waals surface area contributed by atoms with E-state index in [4.69, 9.17) is 9.52 Å². The first-order valence-corrected chi connectivity index (χ1v) is 5.93. The number of furan rings is 1. The molecule has 0 aromatic carbocycles. The minimum absolute atomic E-state index is 0.140. The van der Waals surface area contributed by atoms with Crippen molar-refractivity contribution in [2.75, 3.05) is 13.1 Å². The molecule has 0 aliphatic heterocycles. The first-order valence-electron chi connectivity index (χ1n) is 5.93. The number of urea groups is 1. The van der Waals surface area contributed by atoms with Crippen molar-refractivity contribution < 1.29 is 19.1 Å². The lowest BCUT2D eigenvalue weighted by atomic mass is 10.3. The summed E-state index contributed by atoms with van der Waals surface area (Å²) in [5.41, 5.74) is 0.892. The molecule has 6 nitrogen and oxygen atoms in total. The van der Waals surface area contributed by atoms with Gasteiger partial charge in [-0.2, -0.15) is 0 Å². The van der Waals surface area contributed by atoms with E-state index in [1.54, 1.807) is 4.90 Å². The maximum absolute atomic E-state index is 11.8. The quantitative estimate of drug-likeness (QED) is 0.772. The summed E-state index contributed by atoms with van der Waals surface area (Å²) in [6.07, 6.45) is 0. The molecular formula is C13H18N2O4. The van der Waals surface area contributed by atoms with Gasteiger partial charge in [0, 0.05) is 13.1 Å². The molecule has 2 N–H and O–H groups in total. The molecule has 0 aliphatic rings. The molecule has 1 aromatic rings. The second kappa shape index (κ2) is 6.63. The van der Waals surface area contributed by atoms with Gasteiger partial charge in [-0.05, 0) is 26.0 Å². The molecule has 0 radical (unpaired) electrons. The maximum Gasteiger partial charge on any atom is 0.371 e. The van der Waals surface area contributed by atoms with Gasteiger partial charge in [0.2, 0.25) is 5.76 Å². The average Bonchev–Trinajstić information content (AvgIpc) is 2.81. The first kappa shape index (κ1) is 14.8. The van der Waals surface area contributed by atoms with E-state index in [0.29, 0.717) is 18.8 Å². The van der Waals surface area contributed by atoms with Crippen LogP contribution in [0.15, 0.2) is 28.7 Å². The number of carbonyl (C=O) groups is 2. The molecule has 0 fully saturated rings. The third-order valence-corrected chi connectivity index (χ3v) is 2.42. The zero-order chi connectivity index (χ0) is 14.4. The summed E-state index contributed by atoms with van der Waals surface area (Å²) in [5, 5.41) is 11.4. The fourth-order valence-electron chi connectivity index (χ4n) is 1.52. The van der Waals surface area contributed by atoms with Crippen molar-refractivity contribution in [2.24, 2.45) is 0 Å². The van der Waals surface area contributed by atoms with Gasteiger partial charge in [-0.1, -0.05) is 12.2 Å². The fourth-order valence-corrected chi connectivity index (χ4v) is 1.52. The Balaban J connectivity index is 2.52. The van der Waals surface area contributed by atoms with Gasteiger partial charge >= 0.3 is 12.0 Å². The molecule has 1 aromatic heterocycles. The van der Waals surface area contributed by atoms with Crippen LogP contribution < -0.4 is 5.32 Å². The van der Waals surface area contributed by atoms with Crippen molar-refractivity contribution in [3.63, 3.8) is 0 Å². The largest absolute Gasteiger partial charge is 0.475 e. The van der Waals surface area contributed by atoms with Gasteiger partial charge in [-0.15, -0.1) is 0 Å². The van der Waals surface area contributed by atoms with E-state index in [2.05, 4.69) is 11.9 Å². The number of carboxylic acids is 1. The van der Waals surface area contributed by atoms with E-state index in [0.717, 1.165) is 5.57 Å². The molecule has 1 heterocycles. The summed E-state index contributed by atoms with van der Waals surface area (Å²) in [7, 11) is 0. The van der Waals surface area contributed by atoms with Crippen LogP contribution in [0.1, 0.15) is 30.2 Å². The number of nitrogens with one attached hydrogen (secondary N) is 1. The van der Waals surface area contributed by atoms with Crippen LogP contribution >= 0.6 is 0 Å². The van der Waals surface area contributed by atoms with Crippen molar-refractivity contribution in [1.82, 2.24) is 10.2 Å². The van der Waals surface area contributed by atoms with Gasteiger partial charge in [0.15, 0.2) is 0 Å². The SMILES string of the molecule is C=C(C)CN(CC)C(=O)NCc1ccc(C(=O)O)o1. The smallest absolute Gasteiger partial charge is 0.371 e. The van der Waals surface area contributed by atoms with Gasteiger partial charge in [-0.25, -0.2) is 9.59 Å². The highest BCUT2D eigenvalue weighted by Crippen LogP contribution is 2.07. The Labute approximate surface area is 111 Å². The molecule has 0 unspecified atom stereocenters. The van der Waals surface area contributed by atoms with Gasteiger partial charge in [0.25, 0.3) is 0 Å². The summed E-state index contributed by atoms with van der Waals surface area (Å²) in [5.74, 6) is -0.870. The number of hydrogen-bond donors (Lipinski definition) is 2. The standard InChI is InChI=1S/C13H18N2O4/c1-4-15(8-9(2)3)13(18)14-7-10-5-6-11(19-10)12(16)17/h5-6H,2,4,7-8H2,1,3H3,(H,14,18)(H,16,17). The van der Waals surface area contributed by atoms with E-state index >= 15 is 0 Å². The van der Waals surface area contributed by atoms with Gasteiger partial charge in [-0.3, -0.25) is 0 Å². The Bertz CT molecular complexity index is 479. The molecule has 0 spiro atoms. The van der Waals surface area contributed by atoms with Crippen LogP contribution in [0.4, 0.5) is 4.79 Å². The monoisotopic (exact) mass is 266 g/mol. The summed E-state index contributed by atoms with van der Waals surface area (Å²) < 4.78 is 5.04. The van der Waals surface area contributed by atoms with Crippen molar-refractivity contribution in [1.29, 1.82) is 0 Å². The zero-order valence-electron chi connectivity index (χ0n) is 11.1. The number of amides is 2. The highest BCUT2D eigenvalue weighted by molar-refractivity contribution is 5.84. The molecular weight excluding hydrogens is 248 g/mol. The topological polar surface area (TPSA) is 82.8 Å².